The van der Waals surface area contributed by atoms with Gasteiger partial charge in [-0.2, -0.15) is 0 Å². The SMILES string of the molecule is Nc1ccc(C(=O)N2CCC(NC(=O)c3ccccc3)CC2)cc1[N+](=O)[O-]. The smallest absolute Gasteiger partial charge is 0.292 e. The summed E-state index contributed by atoms with van der Waals surface area (Å²) in [5.74, 6) is -0.402. The van der Waals surface area contributed by atoms with Crippen molar-refractivity contribution in [2.24, 2.45) is 0 Å². The van der Waals surface area contributed by atoms with Crippen molar-refractivity contribution in [3.63, 3.8) is 0 Å². The van der Waals surface area contributed by atoms with Crippen molar-refractivity contribution in [1.82, 2.24) is 10.2 Å². The third kappa shape index (κ3) is 4.22. The molecule has 1 fully saturated rings. The van der Waals surface area contributed by atoms with Gasteiger partial charge in [-0.25, -0.2) is 0 Å². The summed E-state index contributed by atoms with van der Waals surface area (Å²) in [5, 5.41) is 14.0. The van der Waals surface area contributed by atoms with E-state index in [1.807, 2.05) is 18.2 Å². The number of nitrogens with one attached hydrogen (secondary N) is 1. The monoisotopic (exact) mass is 368 g/mol. The van der Waals surface area contributed by atoms with Crippen LogP contribution in [0.3, 0.4) is 0 Å². The molecule has 0 unspecified atom stereocenters. The summed E-state index contributed by atoms with van der Waals surface area (Å²) in [7, 11) is 0. The number of nitrogens with two attached hydrogens (primary N) is 1. The van der Waals surface area contributed by atoms with Crippen molar-refractivity contribution in [1.29, 1.82) is 0 Å². The zero-order valence-corrected chi connectivity index (χ0v) is 14.6. The Morgan fingerprint density at radius 1 is 1.07 bits per heavy atom. The fourth-order valence-corrected chi connectivity index (χ4v) is 3.10. The number of rotatable bonds is 4. The summed E-state index contributed by atoms with van der Waals surface area (Å²) in [4.78, 5) is 36.9. The van der Waals surface area contributed by atoms with E-state index in [2.05, 4.69) is 5.32 Å². The number of nitrogens with zero attached hydrogens (tertiary/aromatic N) is 2. The second-order valence-corrected chi connectivity index (χ2v) is 6.44. The number of amides is 2. The number of nitrogen functional groups attached to an aromatic ring is 1. The first-order valence-corrected chi connectivity index (χ1v) is 8.65. The van der Waals surface area contributed by atoms with Crippen LogP contribution in [0.15, 0.2) is 48.5 Å². The normalized spacial score (nSPS) is 14.6. The second-order valence-electron chi connectivity index (χ2n) is 6.44. The highest BCUT2D eigenvalue weighted by molar-refractivity contribution is 5.96. The number of nitro benzene ring substituents is 1. The third-order valence-electron chi connectivity index (χ3n) is 4.63. The lowest BCUT2D eigenvalue weighted by Gasteiger charge is -2.32. The van der Waals surface area contributed by atoms with Crippen molar-refractivity contribution < 1.29 is 14.5 Å². The summed E-state index contributed by atoms with van der Waals surface area (Å²) in [6.07, 6.45) is 1.25. The van der Waals surface area contributed by atoms with E-state index < -0.39 is 4.92 Å². The van der Waals surface area contributed by atoms with Crippen molar-refractivity contribution in [2.45, 2.75) is 18.9 Å². The molecule has 3 rings (SSSR count). The molecule has 0 radical (unpaired) electrons. The van der Waals surface area contributed by atoms with Crippen LogP contribution >= 0.6 is 0 Å². The first-order valence-electron chi connectivity index (χ1n) is 8.65. The molecule has 1 aliphatic heterocycles. The lowest BCUT2D eigenvalue weighted by atomic mass is 10.0. The van der Waals surface area contributed by atoms with Gasteiger partial charge in [0, 0.05) is 36.3 Å². The Morgan fingerprint density at radius 2 is 1.74 bits per heavy atom. The van der Waals surface area contributed by atoms with Crippen LogP contribution in [0.2, 0.25) is 0 Å². The molecule has 2 aromatic rings. The highest BCUT2D eigenvalue weighted by atomic mass is 16.6. The van der Waals surface area contributed by atoms with Crippen LogP contribution in [-0.2, 0) is 0 Å². The quantitative estimate of drug-likeness (QED) is 0.487. The Labute approximate surface area is 156 Å². The third-order valence-corrected chi connectivity index (χ3v) is 4.63. The summed E-state index contributed by atoms with van der Waals surface area (Å²) < 4.78 is 0. The largest absolute Gasteiger partial charge is 0.393 e. The second kappa shape index (κ2) is 7.86. The van der Waals surface area contributed by atoms with Crippen LogP contribution < -0.4 is 11.1 Å². The zero-order valence-electron chi connectivity index (χ0n) is 14.6. The molecule has 8 heteroatoms. The van der Waals surface area contributed by atoms with Crippen molar-refractivity contribution in [2.75, 3.05) is 18.8 Å². The van der Waals surface area contributed by atoms with Crippen LogP contribution in [0.4, 0.5) is 11.4 Å². The Balaban J connectivity index is 1.59. The fraction of sp³-hybridized carbons (Fsp3) is 0.263. The van der Waals surface area contributed by atoms with E-state index in [-0.39, 0.29) is 34.8 Å². The van der Waals surface area contributed by atoms with Gasteiger partial charge >= 0.3 is 0 Å². The number of nitro groups is 1. The minimum Gasteiger partial charge on any atom is -0.393 e. The molecule has 0 atom stereocenters. The van der Waals surface area contributed by atoms with E-state index in [1.165, 1.54) is 18.2 Å². The lowest BCUT2D eigenvalue weighted by molar-refractivity contribution is -0.383. The molecule has 2 amide bonds. The van der Waals surface area contributed by atoms with E-state index in [4.69, 9.17) is 5.73 Å². The van der Waals surface area contributed by atoms with Crippen molar-refractivity contribution >= 4 is 23.2 Å². The molecule has 0 aromatic heterocycles. The predicted octanol–water partition coefficient (Wildman–Crippen LogP) is 2.21. The van der Waals surface area contributed by atoms with Gasteiger partial charge in [0.05, 0.1) is 4.92 Å². The molecule has 27 heavy (non-hydrogen) atoms. The molecule has 0 aliphatic carbocycles. The molecule has 0 bridgehead atoms. The van der Waals surface area contributed by atoms with E-state index in [0.29, 0.717) is 31.5 Å². The molecule has 1 aliphatic rings. The van der Waals surface area contributed by atoms with Crippen molar-refractivity contribution in [3.8, 4) is 0 Å². The Bertz CT molecular complexity index is 861. The van der Waals surface area contributed by atoms with Gasteiger partial charge in [0.2, 0.25) is 0 Å². The van der Waals surface area contributed by atoms with E-state index in [0.717, 1.165) is 0 Å². The van der Waals surface area contributed by atoms with Gasteiger partial charge < -0.3 is 16.0 Å². The number of carbonyl (C=O) groups is 2. The number of carbonyl (C=O) groups excluding carboxylic acids is 2. The van der Waals surface area contributed by atoms with Gasteiger partial charge in [-0.05, 0) is 37.1 Å². The number of likely N-dealkylation sites (tertiary alicyclic amines) is 1. The Morgan fingerprint density at radius 3 is 2.37 bits per heavy atom. The van der Waals surface area contributed by atoms with E-state index in [1.54, 1.807) is 17.0 Å². The topological polar surface area (TPSA) is 119 Å². The van der Waals surface area contributed by atoms with Gasteiger partial charge in [-0.15, -0.1) is 0 Å². The maximum Gasteiger partial charge on any atom is 0.292 e. The maximum absolute atomic E-state index is 12.6. The highest BCUT2D eigenvalue weighted by Gasteiger charge is 2.26. The van der Waals surface area contributed by atoms with Crippen LogP contribution in [0.5, 0.6) is 0 Å². The molecule has 8 nitrogen and oxygen atoms in total. The summed E-state index contributed by atoms with van der Waals surface area (Å²) in [5.41, 5.74) is 6.17. The molecular formula is C19H20N4O4. The lowest BCUT2D eigenvalue weighted by Crippen LogP contribution is -2.46. The Kier molecular flexibility index (Phi) is 5.35. The first kappa shape index (κ1) is 18.4. The van der Waals surface area contributed by atoms with Gasteiger partial charge in [-0.1, -0.05) is 18.2 Å². The summed E-state index contributed by atoms with van der Waals surface area (Å²) in [6.45, 7) is 0.938. The highest BCUT2D eigenvalue weighted by Crippen LogP contribution is 2.24. The molecule has 140 valence electrons. The summed E-state index contributed by atoms with van der Waals surface area (Å²) >= 11 is 0. The average Bonchev–Trinajstić information content (AvgIpc) is 2.69. The number of hydrogen-bond donors (Lipinski definition) is 2. The molecule has 1 saturated heterocycles. The summed E-state index contributed by atoms with van der Waals surface area (Å²) in [6, 6.07) is 13.0. The minimum absolute atomic E-state index is 0.0116. The fourth-order valence-electron chi connectivity index (χ4n) is 3.10. The molecule has 1 heterocycles. The first-order chi connectivity index (χ1) is 13.0. The van der Waals surface area contributed by atoms with Gasteiger partial charge in [0.25, 0.3) is 17.5 Å². The number of anilines is 1. The molecule has 0 saturated carbocycles. The molecule has 2 aromatic carbocycles. The van der Waals surface area contributed by atoms with Crippen LogP contribution in [0, 0.1) is 10.1 Å². The standard InChI is InChI=1S/C19H20N4O4/c20-16-7-6-14(12-17(16)23(26)27)19(25)22-10-8-15(9-11-22)21-18(24)13-4-2-1-3-5-13/h1-7,12,15H,8-11,20H2,(H,21,24). The average molecular weight is 368 g/mol. The van der Waals surface area contributed by atoms with Crippen LogP contribution in [0.1, 0.15) is 33.6 Å². The molecule has 0 spiro atoms. The van der Waals surface area contributed by atoms with Crippen LogP contribution in [0.25, 0.3) is 0 Å². The van der Waals surface area contributed by atoms with Crippen LogP contribution in [-0.4, -0.2) is 40.8 Å². The molecular weight excluding hydrogens is 348 g/mol. The van der Waals surface area contributed by atoms with Gasteiger partial charge in [0.1, 0.15) is 5.69 Å². The van der Waals surface area contributed by atoms with Gasteiger partial charge in [0.15, 0.2) is 0 Å². The molecule has 3 N–H and O–H groups in total. The minimum atomic E-state index is -0.600. The number of piperidine rings is 1. The number of hydrogen-bond acceptors (Lipinski definition) is 5. The van der Waals surface area contributed by atoms with Gasteiger partial charge in [-0.3, -0.25) is 19.7 Å². The predicted molar refractivity (Wildman–Crippen MR) is 100 cm³/mol. The van der Waals surface area contributed by atoms with E-state index in [9.17, 15) is 19.7 Å². The maximum atomic E-state index is 12.6. The van der Waals surface area contributed by atoms with Crippen molar-refractivity contribution in [3.05, 3.63) is 69.8 Å². The van der Waals surface area contributed by atoms with E-state index >= 15 is 0 Å². The zero-order chi connectivity index (χ0) is 19.4. The number of benzene rings is 2. The Hall–Kier alpha value is -3.42.